The van der Waals surface area contributed by atoms with Crippen molar-refractivity contribution in [2.45, 2.75) is 26.4 Å². The quantitative estimate of drug-likeness (QED) is 0.611. The SMILES string of the molecule is CCOC(=O)c1nn(-c2ccccc2)c2c1CN(C(=O)NCc1ccc(Cl)cc1)CC2. The molecule has 3 aromatic rings. The van der Waals surface area contributed by atoms with Crippen LogP contribution in [0.1, 0.15) is 34.2 Å². The molecule has 0 atom stereocenters. The van der Waals surface area contributed by atoms with E-state index < -0.39 is 5.97 Å². The van der Waals surface area contributed by atoms with Crippen molar-refractivity contribution >= 4 is 23.6 Å². The van der Waals surface area contributed by atoms with E-state index in [1.54, 1.807) is 28.6 Å². The largest absolute Gasteiger partial charge is 0.461 e. The van der Waals surface area contributed by atoms with Gasteiger partial charge in [-0.15, -0.1) is 0 Å². The van der Waals surface area contributed by atoms with Crippen LogP contribution in [0.15, 0.2) is 54.6 Å². The molecule has 31 heavy (non-hydrogen) atoms. The molecule has 4 rings (SSSR count). The number of para-hydroxylation sites is 1. The van der Waals surface area contributed by atoms with Gasteiger partial charge in [0.25, 0.3) is 0 Å². The van der Waals surface area contributed by atoms with Crippen molar-refractivity contribution in [3.05, 3.63) is 82.1 Å². The Balaban J connectivity index is 1.55. The van der Waals surface area contributed by atoms with Crippen molar-refractivity contribution in [2.75, 3.05) is 13.2 Å². The summed E-state index contributed by atoms with van der Waals surface area (Å²) < 4.78 is 6.99. The molecule has 2 heterocycles. The third-order valence-corrected chi connectivity index (χ3v) is 5.42. The molecule has 0 aliphatic carbocycles. The number of benzene rings is 2. The number of rotatable bonds is 5. The topological polar surface area (TPSA) is 76.5 Å². The van der Waals surface area contributed by atoms with Crippen LogP contribution in [0.5, 0.6) is 0 Å². The van der Waals surface area contributed by atoms with Gasteiger partial charge in [-0.1, -0.05) is 41.9 Å². The molecule has 0 radical (unpaired) electrons. The van der Waals surface area contributed by atoms with E-state index in [4.69, 9.17) is 16.3 Å². The van der Waals surface area contributed by atoms with Gasteiger partial charge >= 0.3 is 12.0 Å². The van der Waals surface area contributed by atoms with Crippen molar-refractivity contribution in [1.82, 2.24) is 20.0 Å². The summed E-state index contributed by atoms with van der Waals surface area (Å²) in [5, 5.41) is 8.13. The second-order valence-corrected chi connectivity index (χ2v) is 7.63. The molecule has 0 saturated heterocycles. The van der Waals surface area contributed by atoms with Gasteiger partial charge in [0.2, 0.25) is 0 Å². The van der Waals surface area contributed by atoms with Gasteiger partial charge in [-0.25, -0.2) is 14.3 Å². The van der Waals surface area contributed by atoms with Crippen LogP contribution < -0.4 is 5.32 Å². The smallest absolute Gasteiger partial charge is 0.359 e. The summed E-state index contributed by atoms with van der Waals surface area (Å²) in [5.41, 5.74) is 3.75. The molecule has 0 bridgehead atoms. The fourth-order valence-corrected chi connectivity index (χ4v) is 3.76. The number of amides is 2. The van der Waals surface area contributed by atoms with E-state index in [2.05, 4.69) is 10.4 Å². The summed E-state index contributed by atoms with van der Waals surface area (Å²) in [6.07, 6.45) is 0.588. The van der Waals surface area contributed by atoms with Crippen LogP contribution in [-0.2, 0) is 24.2 Å². The first kappa shape index (κ1) is 20.9. The summed E-state index contributed by atoms with van der Waals surface area (Å²) in [6, 6.07) is 16.8. The lowest BCUT2D eigenvalue weighted by atomic mass is 10.0. The van der Waals surface area contributed by atoms with Crippen LogP contribution in [-0.4, -0.2) is 39.8 Å². The summed E-state index contributed by atoms with van der Waals surface area (Å²) in [7, 11) is 0. The highest BCUT2D eigenvalue weighted by Gasteiger charge is 2.31. The second-order valence-electron chi connectivity index (χ2n) is 7.20. The van der Waals surface area contributed by atoms with E-state index in [1.165, 1.54) is 0 Å². The van der Waals surface area contributed by atoms with Gasteiger partial charge in [-0.2, -0.15) is 5.10 Å². The van der Waals surface area contributed by atoms with Crippen molar-refractivity contribution in [1.29, 1.82) is 0 Å². The van der Waals surface area contributed by atoms with Gasteiger partial charge in [-0.3, -0.25) is 0 Å². The van der Waals surface area contributed by atoms with Gasteiger partial charge in [-0.05, 0) is 36.8 Å². The molecule has 1 N–H and O–H groups in total. The lowest BCUT2D eigenvalue weighted by Gasteiger charge is -2.28. The fraction of sp³-hybridized carbons (Fsp3) is 0.261. The van der Waals surface area contributed by atoms with Crippen molar-refractivity contribution in [2.24, 2.45) is 0 Å². The Labute approximate surface area is 185 Å². The van der Waals surface area contributed by atoms with Crippen LogP contribution in [0.4, 0.5) is 4.79 Å². The maximum atomic E-state index is 12.8. The number of nitrogens with zero attached hydrogens (tertiary/aromatic N) is 3. The first-order valence-electron chi connectivity index (χ1n) is 10.2. The molecule has 8 heteroatoms. The zero-order valence-electron chi connectivity index (χ0n) is 17.2. The second kappa shape index (κ2) is 9.22. The minimum Gasteiger partial charge on any atom is -0.461 e. The number of ether oxygens (including phenoxy) is 1. The zero-order valence-corrected chi connectivity index (χ0v) is 17.9. The molecule has 160 valence electrons. The number of fused-ring (bicyclic) bond motifs is 1. The van der Waals surface area contributed by atoms with E-state index in [-0.39, 0.29) is 18.3 Å². The fourth-order valence-electron chi connectivity index (χ4n) is 3.63. The number of hydrogen-bond donors (Lipinski definition) is 1. The molecule has 0 saturated carbocycles. The summed E-state index contributed by atoms with van der Waals surface area (Å²) in [6.45, 7) is 3.24. The van der Waals surface area contributed by atoms with Crippen molar-refractivity contribution in [3.63, 3.8) is 0 Å². The first-order chi connectivity index (χ1) is 15.1. The number of carbonyl (C=O) groups is 2. The highest BCUT2D eigenvalue weighted by Crippen LogP contribution is 2.26. The zero-order chi connectivity index (χ0) is 21.8. The van der Waals surface area contributed by atoms with Crippen LogP contribution in [0.3, 0.4) is 0 Å². The summed E-state index contributed by atoms with van der Waals surface area (Å²) >= 11 is 5.91. The number of halogens is 1. The molecule has 2 aromatic carbocycles. The predicted molar refractivity (Wildman–Crippen MR) is 117 cm³/mol. The van der Waals surface area contributed by atoms with E-state index in [0.717, 1.165) is 22.5 Å². The molecular formula is C23H23ClN4O3. The third-order valence-electron chi connectivity index (χ3n) is 5.17. The van der Waals surface area contributed by atoms with Gasteiger partial charge in [0.15, 0.2) is 5.69 Å². The summed E-state index contributed by atoms with van der Waals surface area (Å²) in [4.78, 5) is 27.0. The standard InChI is InChI=1S/C23H23ClN4O3/c1-2-31-22(29)21-19-15-27(23(30)25-14-16-8-10-17(24)11-9-16)13-12-20(19)28(26-21)18-6-4-3-5-7-18/h3-11H,2,12-15H2,1H3,(H,25,30). The Kier molecular flexibility index (Phi) is 6.23. The Morgan fingerprint density at radius 3 is 2.58 bits per heavy atom. The van der Waals surface area contributed by atoms with Crippen LogP contribution in [0.25, 0.3) is 5.69 Å². The number of hydrogen-bond acceptors (Lipinski definition) is 4. The average Bonchev–Trinajstić information content (AvgIpc) is 3.18. The van der Waals surface area contributed by atoms with E-state index in [1.807, 2.05) is 42.5 Å². The number of nitrogens with one attached hydrogen (secondary N) is 1. The highest BCUT2D eigenvalue weighted by atomic mass is 35.5. The van der Waals surface area contributed by atoms with E-state index in [0.29, 0.717) is 31.1 Å². The number of esters is 1. The monoisotopic (exact) mass is 438 g/mol. The molecule has 0 spiro atoms. The predicted octanol–water partition coefficient (Wildman–Crippen LogP) is 3.97. The lowest BCUT2D eigenvalue weighted by molar-refractivity contribution is 0.0516. The minimum absolute atomic E-state index is 0.192. The molecule has 1 aliphatic rings. The highest BCUT2D eigenvalue weighted by molar-refractivity contribution is 6.30. The van der Waals surface area contributed by atoms with E-state index in [9.17, 15) is 9.59 Å². The van der Waals surface area contributed by atoms with Crippen LogP contribution in [0.2, 0.25) is 5.02 Å². The first-order valence-corrected chi connectivity index (χ1v) is 10.5. The van der Waals surface area contributed by atoms with Crippen molar-refractivity contribution < 1.29 is 14.3 Å². The molecular weight excluding hydrogens is 416 g/mol. The van der Waals surface area contributed by atoms with Gasteiger partial charge in [0, 0.05) is 30.1 Å². The maximum Gasteiger partial charge on any atom is 0.359 e. The van der Waals surface area contributed by atoms with Gasteiger partial charge in [0.05, 0.1) is 24.5 Å². The third kappa shape index (κ3) is 4.56. The maximum absolute atomic E-state index is 12.8. The summed E-state index contributed by atoms with van der Waals surface area (Å²) in [5.74, 6) is -0.475. The number of carbonyl (C=O) groups excluding carboxylic acids is 2. The Bertz CT molecular complexity index is 1080. The average molecular weight is 439 g/mol. The molecule has 7 nitrogen and oxygen atoms in total. The Morgan fingerprint density at radius 1 is 1.13 bits per heavy atom. The number of urea groups is 1. The Hall–Kier alpha value is -3.32. The molecule has 0 fully saturated rings. The van der Waals surface area contributed by atoms with Crippen LogP contribution >= 0.6 is 11.6 Å². The van der Waals surface area contributed by atoms with Crippen LogP contribution in [0, 0.1) is 0 Å². The molecule has 1 aromatic heterocycles. The van der Waals surface area contributed by atoms with Gasteiger partial charge in [0.1, 0.15) is 0 Å². The number of aromatic nitrogens is 2. The lowest BCUT2D eigenvalue weighted by Crippen LogP contribution is -2.42. The minimum atomic E-state index is -0.475. The molecule has 0 unspecified atom stereocenters. The van der Waals surface area contributed by atoms with E-state index >= 15 is 0 Å². The van der Waals surface area contributed by atoms with Gasteiger partial charge < -0.3 is 15.0 Å². The van der Waals surface area contributed by atoms with Crippen molar-refractivity contribution in [3.8, 4) is 5.69 Å². The Morgan fingerprint density at radius 2 is 1.87 bits per heavy atom. The normalized spacial score (nSPS) is 12.9. The molecule has 1 aliphatic heterocycles. The molecule has 2 amide bonds.